The minimum Gasteiger partial charge on any atom is -0.311 e. The number of anilines is 6. The summed E-state index contributed by atoms with van der Waals surface area (Å²) in [7, 11) is -1.84. The quantitative estimate of drug-likeness (QED) is 0.164. The minimum atomic E-state index is -1.84. The standard InChI is InChI=1S/C56H61BN2SSi/c1-53(2,3)34-19-24-37(25-20-34)58-46-28-23-36(55(7,8)9)29-45(46)57-50-47(58)30-39(61(12,13)14)31-48(50)59(38-26-21-35(22-27-38)54(4,5)6)51-42-32-41-40-17-15-16-18-43(40)56(10,11)44(41)33-49(42)60-52(51)57/h15-33H,1-14H3. The van der Waals surface area contributed by atoms with Crippen LogP contribution in [0, 0.1) is 0 Å². The Balaban J connectivity index is 1.34. The van der Waals surface area contributed by atoms with Gasteiger partial charge in [0, 0.05) is 48.7 Å². The summed E-state index contributed by atoms with van der Waals surface area (Å²) >= 11 is 2.03. The van der Waals surface area contributed by atoms with Crippen molar-refractivity contribution in [2.45, 2.75) is 117 Å². The maximum atomic E-state index is 2.68. The van der Waals surface area contributed by atoms with E-state index in [1.54, 1.807) is 0 Å². The summed E-state index contributed by atoms with van der Waals surface area (Å²) in [6, 6.07) is 45.8. The van der Waals surface area contributed by atoms with Crippen molar-refractivity contribution < 1.29 is 0 Å². The molecule has 0 unspecified atom stereocenters. The van der Waals surface area contributed by atoms with Gasteiger partial charge in [0.15, 0.2) is 0 Å². The lowest BCUT2D eigenvalue weighted by Crippen LogP contribution is -2.61. The predicted molar refractivity (Wildman–Crippen MR) is 272 cm³/mol. The molecule has 5 heteroatoms. The lowest BCUT2D eigenvalue weighted by atomic mass is 9.36. The fourth-order valence-corrected chi connectivity index (χ4v) is 12.8. The van der Waals surface area contributed by atoms with Gasteiger partial charge in [0.05, 0.1) is 13.8 Å². The third-order valence-corrected chi connectivity index (χ3v) is 17.3. The average molecular weight is 833 g/mol. The van der Waals surface area contributed by atoms with E-state index in [0.29, 0.717) is 0 Å². The van der Waals surface area contributed by atoms with Crippen LogP contribution in [0.5, 0.6) is 0 Å². The van der Waals surface area contributed by atoms with Crippen LogP contribution >= 0.6 is 11.3 Å². The second kappa shape index (κ2) is 13.1. The van der Waals surface area contributed by atoms with Crippen LogP contribution in [0.4, 0.5) is 34.1 Å². The van der Waals surface area contributed by atoms with E-state index in [-0.39, 0.29) is 28.4 Å². The first-order valence-corrected chi connectivity index (χ1v) is 26.7. The third-order valence-electron chi connectivity index (χ3n) is 14.1. The summed E-state index contributed by atoms with van der Waals surface area (Å²) in [5, 5.41) is 2.83. The van der Waals surface area contributed by atoms with Crippen LogP contribution < -0.4 is 30.7 Å². The Labute approximate surface area is 370 Å². The predicted octanol–water partition coefficient (Wildman–Crippen LogP) is 13.7. The van der Waals surface area contributed by atoms with E-state index in [4.69, 9.17) is 0 Å². The van der Waals surface area contributed by atoms with Crippen molar-refractivity contribution in [1.82, 2.24) is 0 Å². The molecular weight excluding hydrogens is 772 g/mol. The van der Waals surface area contributed by atoms with Crippen molar-refractivity contribution in [3.05, 3.63) is 143 Å². The Hall–Kier alpha value is -4.84. The van der Waals surface area contributed by atoms with Crippen LogP contribution in [0.3, 0.4) is 0 Å². The monoisotopic (exact) mass is 832 g/mol. The molecule has 0 saturated carbocycles. The number of nitrogens with zero attached hydrogens (tertiary/aromatic N) is 2. The van der Waals surface area contributed by atoms with Crippen molar-refractivity contribution >= 4 is 91.2 Å². The van der Waals surface area contributed by atoms with Gasteiger partial charge in [-0.3, -0.25) is 0 Å². The summed E-state index contributed by atoms with van der Waals surface area (Å²) < 4.78 is 2.81. The molecule has 0 saturated heterocycles. The van der Waals surface area contributed by atoms with Gasteiger partial charge in [-0.1, -0.05) is 162 Å². The van der Waals surface area contributed by atoms with Crippen molar-refractivity contribution in [1.29, 1.82) is 0 Å². The zero-order valence-electron chi connectivity index (χ0n) is 38.8. The van der Waals surface area contributed by atoms with Crippen molar-refractivity contribution in [2.75, 3.05) is 9.80 Å². The van der Waals surface area contributed by atoms with Crippen molar-refractivity contribution in [2.24, 2.45) is 0 Å². The van der Waals surface area contributed by atoms with E-state index in [2.05, 4.69) is 221 Å². The van der Waals surface area contributed by atoms with Gasteiger partial charge in [-0.2, -0.15) is 0 Å². The van der Waals surface area contributed by atoms with Crippen LogP contribution in [0.2, 0.25) is 19.6 Å². The molecule has 0 radical (unpaired) electrons. The molecule has 0 amide bonds. The summed E-state index contributed by atoms with van der Waals surface area (Å²) in [6.07, 6.45) is 0. The maximum Gasteiger partial charge on any atom is 0.264 e. The Morgan fingerprint density at radius 1 is 0.541 bits per heavy atom. The topological polar surface area (TPSA) is 6.48 Å². The molecular formula is C56H61BN2SSi. The molecule has 2 aliphatic heterocycles. The number of benzene rings is 6. The molecule has 3 heterocycles. The van der Waals surface area contributed by atoms with E-state index < -0.39 is 8.07 Å². The smallest absolute Gasteiger partial charge is 0.264 e. The highest BCUT2D eigenvalue weighted by atomic mass is 32.1. The summed E-state index contributed by atoms with van der Waals surface area (Å²) in [5.74, 6) is 0. The highest BCUT2D eigenvalue weighted by Gasteiger charge is 2.47. The average Bonchev–Trinajstić information content (AvgIpc) is 3.66. The summed E-state index contributed by atoms with van der Waals surface area (Å²) in [6.45, 7) is 33.4. The first kappa shape index (κ1) is 40.2. The highest BCUT2D eigenvalue weighted by molar-refractivity contribution is 7.33. The molecule has 0 atom stereocenters. The number of fused-ring (bicyclic) bond motifs is 9. The SMILES string of the molecule is CC(C)(C)c1ccc(N2c3ccc(C(C)(C)C)cc3B3c4sc5cc6c(cc5c4N(c4ccc(C(C)(C)C)cc4)c4cc([Si](C)(C)C)cc2c43)-c2ccccc2C6(C)C)cc1. The molecule has 0 bridgehead atoms. The molecule has 308 valence electrons. The molecule has 0 N–H and O–H groups in total. The first-order chi connectivity index (χ1) is 28.5. The molecule has 61 heavy (non-hydrogen) atoms. The Kier molecular flexibility index (Phi) is 8.64. The maximum absolute atomic E-state index is 2.68. The molecule has 2 nitrogen and oxygen atoms in total. The van der Waals surface area contributed by atoms with Gasteiger partial charge in [-0.25, -0.2) is 0 Å². The van der Waals surface area contributed by atoms with Crippen molar-refractivity contribution in [3.8, 4) is 11.1 Å². The molecule has 10 rings (SSSR count). The molecule has 3 aliphatic rings. The van der Waals surface area contributed by atoms with Gasteiger partial charge >= 0.3 is 0 Å². The lowest BCUT2D eigenvalue weighted by Gasteiger charge is -2.44. The number of hydrogen-bond donors (Lipinski definition) is 0. The molecule has 7 aromatic rings. The molecule has 0 spiro atoms. The fourth-order valence-electron chi connectivity index (χ4n) is 10.3. The normalized spacial score (nSPS) is 15.4. The Bertz CT molecular complexity index is 2930. The van der Waals surface area contributed by atoms with Crippen LogP contribution in [0.25, 0.3) is 21.2 Å². The summed E-state index contributed by atoms with van der Waals surface area (Å²) in [4.78, 5) is 5.29. The Morgan fingerprint density at radius 3 is 1.66 bits per heavy atom. The second-order valence-electron chi connectivity index (χ2n) is 22.8. The number of thiophene rings is 1. The number of hydrogen-bond acceptors (Lipinski definition) is 3. The Morgan fingerprint density at radius 2 is 1.08 bits per heavy atom. The van der Waals surface area contributed by atoms with Crippen LogP contribution in [0.1, 0.15) is 104 Å². The molecule has 6 aromatic carbocycles. The third kappa shape index (κ3) is 6.15. The highest BCUT2D eigenvalue weighted by Crippen LogP contribution is 2.54. The second-order valence-corrected chi connectivity index (χ2v) is 28.9. The molecule has 1 aliphatic carbocycles. The van der Waals surface area contributed by atoms with E-state index >= 15 is 0 Å². The summed E-state index contributed by atoms with van der Waals surface area (Å²) in [5.41, 5.74) is 20.3. The van der Waals surface area contributed by atoms with Gasteiger partial charge in [0.1, 0.15) is 0 Å². The van der Waals surface area contributed by atoms with Gasteiger partial charge in [-0.05, 0) is 121 Å². The van der Waals surface area contributed by atoms with Gasteiger partial charge < -0.3 is 9.80 Å². The van der Waals surface area contributed by atoms with E-state index in [0.717, 1.165) is 0 Å². The lowest BCUT2D eigenvalue weighted by molar-refractivity contribution is 0.590. The van der Waals surface area contributed by atoms with E-state index in [9.17, 15) is 0 Å². The number of rotatable bonds is 3. The van der Waals surface area contributed by atoms with Gasteiger partial charge in [0.2, 0.25) is 0 Å². The van der Waals surface area contributed by atoms with Crippen molar-refractivity contribution in [3.63, 3.8) is 0 Å². The van der Waals surface area contributed by atoms with E-state index in [1.165, 1.54) is 104 Å². The van der Waals surface area contributed by atoms with Crippen LogP contribution in [-0.4, -0.2) is 14.8 Å². The van der Waals surface area contributed by atoms with Crippen LogP contribution in [-0.2, 0) is 21.7 Å². The minimum absolute atomic E-state index is 0.00269. The first-order valence-electron chi connectivity index (χ1n) is 22.4. The largest absolute Gasteiger partial charge is 0.311 e. The zero-order chi connectivity index (χ0) is 43.3. The van der Waals surface area contributed by atoms with Gasteiger partial charge in [0.25, 0.3) is 6.71 Å². The zero-order valence-corrected chi connectivity index (χ0v) is 40.7. The molecule has 1 aromatic heterocycles. The fraction of sp³-hybridized carbons (Fsp3) is 0.321. The van der Waals surface area contributed by atoms with Gasteiger partial charge in [-0.15, -0.1) is 11.3 Å². The van der Waals surface area contributed by atoms with Crippen LogP contribution in [0.15, 0.2) is 115 Å². The van der Waals surface area contributed by atoms with E-state index in [1.807, 2.05) is 11.3 Å². The molecule has 0 fully saturated rings.